The van der Waals surface area contributed by atoms with Crippen molar-refractivity contribution in [3.05, 3.63) is 65.1 Å². The third-order valence-electron chi connectivity index (χ3n) is 7.16. The number of fused-ring (bicyclic) bond motifs is 3. The number of likely N-dealkylation sites (tertiary alicyclic amines) is 1. The molecule has 7 nitrogen and oxygen atoms in total. The number of ketones is 1. The average molecular weight is 459 g/mol. The first-order chi connectivity index (χ1) is 16.1. The predicted molar refractivity (Wildman–Crippen MR) is 130 cm³/mol. The number of carbonyl (C=O) groups excluding carboxylic acids is 3. The number of Topliss-reactive ketones (excluding diaryl/α,β-unsaturated/α-hetero) is 1. The lowest BCUT2D eigenvalue weighted by Gasteiger charge is -2.39. The second-order valence-corrected chi connectivity index (χ2v) is 10.8. The molecule has 0 spiro atoms. The van der Waals surface area contributed by atoms with Crippen molar-refractivity contribution in [3.8, 4) is 0 Å². The first kappa shape index (κ1) is 22.3. The summed E-state index contributed by atoms with van der Waals surface area (Å²) >= 11 is 0. The summed E-state index contributed by atoms with van der Waals surface area (Å²) in [6.45, 7) is 9.34. The number of aromatic amines is 1. The number of nitrogens with one attached hydrogen (secondary N) is 2. The molecule has 5 rings (SSSR count). The fraction of sp³-hybridized carbons (Fsp3) is 0.407. The minimum Gasteiger partial charge on any atom is -0.352 e. The number of nitrogens with zero attached hydrogens (tertiary/aromatic N) is 2. The number of pyridine rings is 1. The summed E-state index contributed by atoms with van der Waals surface area (Å²) in [6.07, 6.45) is 3.05. The number of rotatable bonds is 3. The summed E-state index contributed by atoms with van der Waals surface area (Å²) in [5.74, 6) is -0.172. The van der Waals surface area contributed by atoms with Crippen LogP contribution >= 0.6 is 0 Å². The molecule has 1 aliphatic carbocycles. The van der Waals surface area contributed by atoms with Gasteiger partial charge in [0.15, 0.2) is 5.78 Å². The largest absolute Gasteiger partial charge is 0.352 e. The van der Waals surface area contributed by atoms with E-state index in [1.807, 2.05) is 26.0 Å². The fourth-order valence-corrected chi connectivity index (χ4v) is 5.80. The lowest BCUT2D eigenvalue weighted by Crippen LogP contribution is -2.39. The van der Waals surface area contributed by atoms with Crippen molar-refractivity contribution in [1.29, 1.82) is 0 Å². The highest BCUT2D eigenvalue weighted by molar-refractivity contribution is 6.08. The number of hydrogen-bond donors (Lipinski definition) is 2. The zero-order chi connectivity index (χ0) is 24.3. The maximum atomic E-state index is 13.1. The molecule has 1 aliphatic heterocycles. The number of amides is 2. The lowest BCUT2D eigenvalue weighted by molar-refractivity contribution is 0.0758. The van der Waals surface area contributed by atoms with Crippen LogP contribution in [-0.4, -0.2) is 51.6 Å². The van der Waals surface area contributed by atoms with Gasteiger partial charge in [0.25, 0.3) is 11.8 Å². The standard InChI is InChI=1S/C27H30N4O3/c1-26(2)15-27(3,4)23(32)22-21(26)18-13-16(8-9-19(18)30-22)24(33)29-17-10-12-31(14-17)25(34)20-7-5-6-11-28-20/h5-9,11,13,17,30H,10,12,14-15H2,1-4H3,(H,29,33). The summed E-state index contributed by atoms with van der Waals surface area (Å²) < 4.78 is 0. The molecule has 2 N–H and O–H groups in total. The van der Waals surface area contributed by atoms with Gasteiger partial charge in [-0.2, -0.15) is 0 Å². The van der Waals surface area contributed by atoms with Crippen LogP contribution in [0.3, 0.4) is 0 Å². The van der Waals surface area contributed by atoms with E-state index in [9.17, 15) is 14.4 Å². The molecular formula is C27H30N4O3. The first-order valence-corrected chi connectivity index (χ1v) is 11.8. The second-order valence-electron chi connectivity index (χ2n) is 10.8. The molecule has 0 saturated carbocycles. The van der Waals surface area contributed by atoms with E-state index in [0.717, 1.165) is 22.9 Å². The quantitative estimate of drug-likeness (QED) is 0.618. The molecule has 2 aliphatic rings. The third kappa shape index (κ3) is 3.69. The van der Waals surface area contributed by atoms with Gasteiger partial charge in [0.1, 0.15) is 5.69 Å². The molecule has 1 fully saturated rings. The Bertz CT molecular complexity index is 1310. The minimum atomic E-state index is -0.432. The molecule has 2 aromatic heterocycles. The van der Waals surface area contributed by atoms with Crippen LogP contribution in [0.5, 0.6) is 0 Å². The Morgan fingerprint density at radius 3 is 2.65 bits per heavy atom. The van der Waals surface area contributed by atoms with Gasteiger partial charge < -0.3 is 15.2 Å². The summed E-state index contributed by atoms with van der Waals surface area (Å²) in [5, 5.41) is 4.01. The van der Waals surface area contributed by atoms with Gasteiger partial charge in [0.2, 0.25) is 0 Å². The van der Waals surface area contributed by atoms with Crippen LogP contribution in [0, 0.1) is 5.41 Å². The van der Waals surface area contributed by atoms with Gasteiger partial charge in [0.05, 0.1) is 5.69 Å². The zero-order valence-corrected chi connectivity index (χ0v) is 20.1. The number of carbonyl (C=O) groups is 3. The SMILES string of the molecule is CC1(C)CC(C)(C)c2c([nH]c3ccc(C(=O)NC4CCN(C(=O)c5ccccn5)C4)cc23)C1=O. The van der Waals surface area contributed by atoms with Crippen LogP contribution in [0.25, 0.3) is 10.9 Å². The van der Waals surface area contributed by atoms with Crippen LogP contribution < -0.4 is 5.32 Å². The molecule has 176 valence electrons. The van der Waals surface area contributed by atoms with Gasteiger partial charge in [-0.3, -0.25) is 19.4 Å². The van der Waals surface area contributed by atoms with E-state index in [-0.39, 0.29) is 29.1 Å². The molecule has 1 aromatic carbocycles. The Labute approximate surface area is 198 Å². The topological polar surface area (TPSA) is 95.2 Å². The van der Waals surface area contributed by atoms with Gasteiger partial charge in [-0.1, -0.05) is 33.8 Å². The van der Waals surface area contributed by atoms with Crippen molar-refractivity contribution in [3.63, 3.8) is 0 Å². The molecular weight excluding hydrogens is 428 g/mol. The molecule has 3 aromatic rings. The fourth-order valence-electron chi connectivity index (χ4n) is 5.80. The van der Waals surface area contributed by atoms with Gasteiger partial charge in [-0.05, 0) is 54.2 Å². The second kappa shape index (κ2) is 7.79. The number of benzene rings is 1. The predicted octanol–water partition coefficient (Wildman–Crippen LogP) is 4.10. The van der Waals surface area contributed by atoms with Crippen molar-refractivity contribution in [2.24, 2.45) is 5.41 Å². The Kier molecular flexibility index (Phi) is 5.11. The van der Waals surface area contributed by atoms with Crippen LogP contribution in [0.1, 0.15) is 77.4 Å². The van der Waals surface area contributed by atoms with E-state index in [1.165, 1.54) is 0 Å². The number of hydrogen-bond acceptors (Lipinski definition) is 4. The van der Waals surface area contributed by atoms with E-state index in [0.29, 0.717) is 36.5 Å². The van der Waals surface area contributed by atoms with E-state index in [4.69, 9.17) is 0 Å². The molecule has 7 heteroatoms. The Morgan fingerprint density at radius 2 is 1.91 bits per heavy atom. The summed E-state index contributed by atoms with van der Waals surface area (Å²) in [7, 11) is 0. The van der Waals surface area contributed by atoms with Crippen LogP contribution in [-0.2, 0) is 5.41 Å². The van der Waals surface area contributed by atoms with Gasteiger partial charge in [0, 0.05) is 47.2 Å². The molecule has 1 atom stereocenters. The Morgan fingerprint density at radius 1 is 1.12 bits per heavy atom. The van der Waals surface area contributed by atoms with Crippen molar-refractivity contribution in [2.45, 2.75) is 52.0 Å². The molecule has 34 heavy (non-hydrogen) atoms. The van der Waals surface area contributed by atoms with Gasteiger partial charge in [-0.25, -0.2) is 0 Å². The van der Waals surface area contributed by atoms with Crippen molar-refractivity contribution in [1.82, 2.24) is 20.2 Å². The van der Waals surface area contributed by atoms with Crippen molar-refractivity contribution < 1.29 is 14.4 Å². The highest BCUT2D eigenvalue weighted by atomic mass is 16.2. The molecule has 3 heterocycles. The zero-order valence-electron chi connectivity index (χ0n) is 20.1. The van der Waals surface area contributed by atoms with Gasteiger partial charge >= 0.3 is 0 Å². The van der Waals surface area contributed by atoms with Crippen LogP contribution in [0.2, 0.25) is 0 Å². The average Bonchev–Trinajstić information content (AvgIpc) is 3.41. The maximum Gasteiger partial charge on any atom is 0.272 e. The monoisotopic (exact) mass is 458 g/mol. The maximum absolute atomic E-state index is 13.1. The summed E-state index contributed by atoms with van der Waals surface area (Å²) in [4.78, 5) is 48.0. The highest BCUT2D eigenvalue weighted by Gasteiger charge is 2.45. The van der Waals surface area contributed by atoms with Crippen LogP contribution in [0.15, 0.2) is 42.6 Å². The van der Waals surface area contributed by atoms with E-state index in [2.05, 4.69) is 29.1 Å². The van der Waals surface area contributed by atoms with Crippen LogP contribution in [0.4, 0.5) is 0 Å². The Balaban J connectivity index is 1.36. The molecule has 2 amide bonds. The normalized spacial score (nSPS) is 20.9. The van der Waals surface area contributed by atoms with Gasteiger partial charge in [-0.15, -0.1) is 0 Å². The third-order valence-corrected chi connectivity index (χ3v) is 7.16. The molecule has 1 unspecified atom stereocenters. The van der Waals surface area contributed by atoms with Crippen molar-refractivity contribution >= 4 is 28.5 Å². The van der Waals surface area contributed by atoms with E-state index < -0.39 is 5.41 Å². The smallest absolute Gasteiger partial charge is 0.272 e. The Hall–Kier alpha value is -3.48. The highest BCUT2D eigenvalue weighted by Crippen LogP contribution is 2.48. The first-order valence-electron chi connectivity index (χ1n) is 11.8. The summed E-state index contributed by atoms with van der Waals surface area (Å²) in [5.41, 5.74) is 2.86. The molecule has 1 saturated heterocycles. The molecule has 0 radical (unpaired) electrons. The number of H-pyrrole nitrogens is 1. The minimum absolute atomic E-state index is 0.116. The van der Waals surface area contributed by atoms with E-state index >= 15 is 0 Å². The van der Waals surface area contributed by atoms with Crippen molar-refractivity contribution in [2.75, 3.05) is 13.1 Å². The lowest BCUT2D eigenvalue weighted by atomic mass is 9.63. The molecule has 0 bridgehead atoms. The summed E-state index contributed by atoms with van der Waals surface area (Å²) in [6, 6.07) is 10.7. The number of aromatic nitrogens is 2. The van der Waals surface area contributed by atoms with E-state index in [1.54, 1.807) is 35.4 Å².